The molecule has 4 N–H and O–H groups in total. The lowest BCUT2D eigenvalue weighted by Gasteiger charge is -2.64. The van der Waals surface area contributed by atoms with Gasteiger partial charge in [0.05, 0.1) is 17.4 Å². The maximum absolute atomic E-state index is 12.9. The van der Waals surface area contributed by atoms with Crippen molar-refractivity contribution in [2.75, 3.05) is 13.1 Å². The van der Waals surface area contributed by atoms with Gasteiger partial charge in [0, 0.05) is 24.6 Å². The second-order valence-electron chi connectivity index (χ2n) is 12.8. The summed E-state index contributed by atoms with van der Waals surface area (Å²) >= 11 is 0. The number of likely N-dealkylation sites (tertiary alicyclic amines) is 1. The van der Waals surface area contributed by atoms with Crippen molar-refractivity contribution in [2.24, 2.45) is 11.8 Å². The first-order valence-corrected chi connectivity index (χ1v) is 14.7. The molecule has 1 spiro atoms. The molecule has 2 aliphatic heterocycles. The second kappa shape index (κ2) is 9.91. The monoisotopic (exact) mass is 556 g/mol. The lowest BCUT2D eigenvalue weighted by atomic mass is 9.48. The van der Waals surface area contributed by atoms with E-state index in [0.29, 0.717) is 37.4 Å². The number of aliphatic hydroxyl groups is 1. The maximum Gasteiger partial charge on any atom is 0.326 e. The van der Waals surface area contributed by atoms with Gasteiger partial charge in [-0.15, -0.1) is 0 Å². The summed E-state index contributed by atoms with van der Waals surface area (Å²) in [5.74, 6) is -1.42. The fourth-order valence-corrected chi connectivity index (χ4v) is 8.13. The van der Waals surface area contributed by atoms with Crippen LogP contribution in [0.2, 0.25) is 0 Å². The fraction of sp³-hybridized carbons (Fsp3) is 0.700. The van der Waals surface area contributed by atoms with E-state index in [1.165, 1.54) is 19.3 Å². The number of rotatable bonds is 9. The van der Waals surface area contributed by atoms with Gasteiger partial charge < -0.3 is 30.1 Å². The first-order valence-electron chi connectivity index (χ1n) is 14.7. The molecule has 1 amide bonds. The number of hydrogen-bond acceptors (Lipinski definition) is 8. The summed E-state index contributed by atoms with van der Waals surface area (Å²) < 4.78 is 12.3. The first-order chi connectivity index (χ1) is 19.0. The van der Waals surface area contributed by atoms with Crippen LogP contribution in [0.1, 0.15) is 76.3 Å². The number of piperidine rings is 1. The molecule has 0 aromatic heterocycles. The van der Waals surface area contributed by atoms with Gasteiger partial charge in [-0.05, 0) is 68.5 Å². The zero-order valence-corrected chi connectivity index (χ0v) is 23.2. The van der Waals surface area contributed by atoms with Crippen molar-refractivity contribution in [2.45, 2.75) is 107 Å². The van der Waals surface area contributed by atoms with Crippen molar-refractivity contribution in [3.8, 4) is 11.5 Å². The highest BCUT2D eigenvalue weighted by atomic mass is 16.6. The van der Waals surface area contributed by atoms with Crippen LogP contribution in [0.3, 0.4) is 0 Å². The van der Waals surface area contributed by atoms with Crippen molar-refractivity contribution in [3.05, 3.63) is 23.3 Å². The van der Waals surface area contributed by atoms with Gasteiger partial charge in [0.1, 0.15) is 18.2 Å². The molecule has 218 valence electrons. The number of carbonyl (C=O) groups excluding carboxylic acids is 2. The molecule has 5 aliphatic rings. The molecular formula is C30H40N2O8. The molecule has 2 saturated carbocycles. The van der Waals surface area contributed by atoms with Crippen LogP contribution in [0.5, 0.6) is 11.5 Å². The minimum Gasteiger partial charge on any atom is -0.504 e. The van der Waals surface area contributed by atoms with Gasteiger partial charge in [0.2, 0.25) is 5.91 Å². The number of aromatic hydroxyl groups is 1. The molecule has 1 saturated heterocycles. The number of nitrogens with zero attached hydrogens (tertiary/aromatic N) is 1. The molecule has 6 atom stereocenters. The van der Waals surface area contributed by atoms with E-state index in [0.717, 1.165) is 24.2 Å². The normalized spacial score (nSPS) is 33.0. The van der Waals surface area contributed by atoms with E-state index >= 15 is 0 Å². The highest BCUT2D eigenvalue weighted by Crippen LogP contribution is 2.65. The number of hydrogen-bond donors (Lipinski definition) is 4. The zero-order chi connectivity index (χ0) is 28.4. The standard InChI is InChI=1S/C30H40N2O8/c1-16(2)25(28(36)37)31-22(34)8-9-23(35)39-20-10-11-30(38)21-14-18-6-7-19(33)26-24(18)29(30,27(20)40-26)12-13-32(21)15-17-4-3-5-17/h6-7,16-17,20-21,25,27,33,38H,3-5,8-15H2,1-2H3,(H,31,34)(H,36,37)/t20-,21+,25?,27-,29-,30+/m0/s1. The summed E-state index contributed by atoms with van der Waals surface area (Å²) in [7, 11) is 0. The fourth-order valence-electron chi connectivity index (χ4n) is 8.13. The van der Waals surface area contributed by atoms with Gasteiger partial charge in [0.25, 0.3) is 0 Å². The van der Waals surface area contributed by atoms with Crippen LogP contribution >= 0.6 is 0 Å². The van der Waals surface area contributed by atoms with Gasteiger partial charge in [-0.3, -0.25) is 14.5 Å². The molecule has 1 aromatic carbocycles. The number of benzene rings is 1. The number of nitrogens with one attached hydrogen (secondary N) is 1. The summed E-state index contributed by atoms with van der Waals surface area (Å²) in [6.45, 7) is 5.19. The quantitative estimate of drug-likeness (QED) is 0.337. The van der Waals surface area contributed by atoms with E-state index in [4.69, 9.17) is 9.47 Å². The maximum atomic E-state index is 12.9. The summed E-state index contributed by atoms with van der Waals surface area (Å²) in [5, 5.41) is 35.1. The van der Waals surface area contributed by atoms with E-state index in [-0.39, 0.29) is 30.6 Å². The molecule has 1 aromatic rings. The predicted molar refractivity (Wildman–Crippen MR) is 143 cm³/mol. The summed E-state index contributed by atoms with van der Waals surface area (Å²) in [5.41, 5.74) is 0.0808. The van der Waals surface area contributed by atoms with E-state index < -0.39 is 47.1 Å². The Morgan fingerprint density at radius 3 is 2.62 bits per heavy atom. The third-order valence-corrected chi connectivity index (χ3v) is 10.3. The highest BCUT2D eigenvalue weighted by Gasteiger charge is 2.73. The number of aliphatic carboxylic acids is 1. The Bertz CT molecular complexity index is 1210. The molecule has 0 radical (unpaired) electrons. The van der Waals surface area contributed by atoms with Crippen LogP contribution in [0.15, 0.2) is 12.1 Å². The third-order valence-electron chi connectivity index (χ3n) is 10.3. The van der Waals surface area contributed by atoms with Gasteiger partial charge in [-0.25, -0.2) is 4.79 Å². The Hall–Kier alpha value is -2.85. The van der Waals surface area contributed by atoms with Crippen LogP contribution in [-0.4, -0.2) is 81.0 Å². The number of amides is 1. The van der Waals surface area contributed by atoms with Gasteiger partial charge in [0.15, 0.2) is 11.5 Å². The summed E-state index contributed by atoms with van der Waals surface area (Å²) in [6.07, 6.45) is 4.25. The minimum absolute atomic E-state index is 0.0279. The molecule has 3 aliphatic carbocycles. The molecule has 6 rings (SSSR count). The van der Waals surface area contributed by atoms with Gasteiger partial charge in [-0.1, -0.05) is 26.3 Å². The minimum atomic E-state index is -1.12. The SMILES string of the molecule is CC(C)C(NC(=O)CCC(=O)O[C@H]1CC[C@@]2(O)[C@H]3Cc4ccc(O)c5c4[C@@]2(CCN3CC2CCC2)[C@H]1O5)C(=O)O. The number of phenols is 1. The highest BCUT2D eigenvalue weighted by molar-refractivity contribution is 5.86. The van der Waals surface area contributed by atoms with Crippen LogP contribution in [0, 0.1) is 11.8 Å². The van der Waals surface area contributed by atoms with Crippen molar-refractivity contribution >= 4 is 17.8 Å². The zero-order valence-electron chi connectivity index (χ0n) is 23.2. The Kier molecular flexibility index (Phi) is 6.77. The average molecular weight is 557 g/mol. The van der Waals surface area contributed by atoms with E-state index in [2.05, 4.69) is 10.2 Å². The number of carbonyl (C=O) groups is 3. The molecule has 2 bridgehead atoms. The van der Waals surface area contributed by atoms with Crippen molar-refractivity contribution < 1.29 is 39.2 Å². The molecule has 40 heavy (non-hydrogen) atoms. The Morgan fingerprint density at radius 1 is 1.18 bits per heavy atom. The van der Waals surface area contributed by atoms with Crippen LogP contribution in [0.25, 0.3) is 0 Å². The van der Waals surface area contributed by atoms with Crippen molar-refractivity contribution in [1.29, 1.82) is 0 Å². The summed E-state index contributed by atoms with van der Waals surface area (Å²) in [4.78, 5) is 39.2. The van der Waals surface area contributed by atoms with Crippen molar-refractivity contribution in [3.63, 3.8) is 0 Å². The van der Waals surface area contributed by atoms with Crippen LogP contribution in [-0.2, 0) is 31.0 Å². The topological polar surface area (TPSA) is 146 Å². The predicted octanol–water partition coefficient (Wildman–Crippen LogP) is 2.26. The largest absolute Gasteiger partial charge is 0.504 e. The number of phenolic OH excluding ortho intramolecular Hbond substituents is 1. The smallest absolute Gasteiger partial charge is 0.326 e. The Balaban J connectivity index is 1.21. The summed E-state index contributed by atoms with van der Waals surface area (Å²) in [6, 6.07) is 2.50. The Labute approximate surface area is 234 Å². The molecule has 10 nitrogen and oxygen atoms in total. The Morgan fingerprint density at radius 2 is 1.95 bits per heavy atom. The van der Waals surface area contributed by atoms with E-state index in [1.807, 2.05) is 6.07 Å². The molecule has 10 heteroatoms. The van der Waals surface area contributed by atoms with E-state index in [1.54, 1.807) is 19.9 Å². The second-order valence-corrected chi connectivity index (χ2v) is 12.8. The van der Waals surface area contributed by atoms with Crippen LogP contribution in [0.4, 0.5) is 0 Å². The van der Waals surface area contributed by atoms with Gasteiger partial charge in [-0.2, -0.15) is 0 Å². The number of carboxylic acids is 1. The average Bonchev–Trinajstić information content (AvgIpc) is 3.23. The number of esters is 1. The molecule has 2 heterocycles. The third kappa shape index (κ3) is 4.09. The molecule has 1 unspecified atom stereocenters. The first kappa shape index (κ1) is 27.3. The van der Waals surface area contributed by atoms with Crippen LogP contribution < -0.4 is 10.1 Å². The number of carboxylic acid groups (broad SMARTS) is 1. The lowest BCUT2D eigenvalue weighted by Crippen LogP contribution is -2.77. The van der Waals surface area contributed by atoms with Crippen molar-refractivity contribution in [1.82, 2.24) is 10.2 Å². The number of ether oxygens (including phenoxy) is 2. The molecular weight excluding hydrogens is 516 g/mol. The van der Waals surface area contributed by atoms with E-state index in [9.17, 15) is 29.7 Å². The van der Waals surface area contributed by atoms with Gasteiger partial charge >= 0.3 is 11.9 Å². The lowest BCUT2D eigenvalue weighted by molar-refractivity contribution is -0.217. The molecule has 3 fully saturated rings.